The maximum atomic E-state index is 13.6. The van der Waals surface area contributed by atoms with Gasteiger partial charge in [-0.1, -0.05) is 6.07 Å². The van der Waals surface area contributed by atoms with Gasteiger partial charge in [-0.15, -0.1) is 0 Å². The van der Waals surface area contributed by atoms with Gasteiger partial charge in [0.25, 0.3) is 0 Å². The Labute approximate surface area is 131 Å². The van der Waals surface area contributed by atoms with E-state index in [2.05, 4.69) is 4.90 Å². The monoisotopic (exact) mass is 305 g/mol. The quantitative estimate of drug-likeness (QED) is 0.920. The molecule has 0 saturated carbocycles. The Bertz CT molecular complexity index is 546. The summed E-state index contributed by atoms with van der Waals surface area (Å²) in [7, 11) is 0. The Morgan fingerprint density at radius 1 is 1.32 bits per heavy atom. The summed E-state index contributed by atoms with van der Waals surface area (Å²) in [6, 6.07) is 5.52. The predicted molar refractivity (Wildman–Crippen MR) is 83.2 cm³/mol. The van der Waals surface area contributed by atoms with Gasteiger partial charge in [0.15, 0.2) is 0 Å². The van der Waals surface area contributed by atoms with Gasteiger partial charge >= 0.3 is 5.97 Å². The molecule has 1 saturated heterocycles. The lowest BCUT2D eigenvalue weighted by atomic mass is 9.84. The number of hydrogen-bond acceptors (Lipinski definition) is 2. The third kappa shape index (κ3) is 3.49. The average molecular weight is 305 g/mol. The normalized spacial score (nSPS) is 25.7. The number of carboxylic acid groups (broad SMARTS) is 1. The molecule has 2 unspecified atom stereocenters. The SMILES string of the molecule is O=C(O)CCC1CCCN(C2CCCc3ccc(F)cc32)C1. The van der Waals surface area contributed by atoms with Crippen molar-refractivity contribution >= 4 is 5.97 Å². The van der Waals surface area contributed by atoms with Crippen LogP contribution in [0.3, 0.4) is 0 Å². The number of benzene rings is 1. The first-order valence-corrected chi connectivity index (χ1v) is 8.37. The van der Waals surface area contributed by atoms with E-state index in [1.165, 1.54) is 5.56 Å². The molecular weight excluding hydrogens is 281 g/mol. The molecule has 0 bridgehead atoms. The molecule has 2 atom stereocenters. The highest BCUT2D eigenvalue weighted by molar-refractivity contribution is 5.66. The molecule has 1 aliphatic carbocycles. The molecule has 3 nitrogen and oxygen atoms in total. The third-order valence-corrected chi connectivity index (χ3v) is 5.15. The highest BCUT2D eigenvalue weighted by atomic mass is 19.1. The molecule has 0 aromatic heterocycles. The van der Waals surface area contributed by atoms with Crippen LogP contribution in [-0.2, 0) is 11.2 Å². The molecule has 2 aliphatic rings. The topological polar surface area (TPSA) is 40.5 Å². The molecule has 120 valence electrons. The first-order chi connectivity index (χ1) is 10.6. The highest BCUT2D eigenvalue weighted by Crippen LogP contribution is 2.37. The van der Waals surface area contributed by atoms with E-state index in [0.29, 0.717) is 12.0 Å². The molecule has 0 radical (unpaired) electrons. The number of aryl methyl sites for hydroxylation is 1. The number of halogens is 1. The molecule has 1 fully saturated rings. The number of aliphatic carboxylic acids is 1. The van der Waals surface area contributed by atoms with Crippen molar-refractivity contribution in [3.05, 3.63) is 35.1 Å². The molecule has 4 heteroatoms. The summed E-state index contributed by atoms with van der Waals surface area (Å²) >= 11 is 0. The molecular formula is C18H24FNO2. The lowest BCUT2D eigenvalue weighted by Gasteiger charge is -2.41. The second kappa shape index (κ2) is 6.78. The van der Waals surface area contributed by atoms with E-state index in [4.69, 9.17) is 5.11 Å². The summed E-state index contributed by atoms with van der Waals surface area (Å²) in [5, 5.41) is 8.86. The van der Waals surface area contributed by atoms with Crippen LogP contribution < -0.4 is 0 Å². The lowest BCUT2D eigenvalue weighted by Crippen LogP contribution is -2.39. The number of fused-ring (bicyclic) bond motifs is 1. The zero-order chi connectivity index (χ0) is 15.5. The summed E-state index contributed by atoms with van der Waals surface area (Å²) in [5.74, 6) is -0.393. The number of nitrogens with zero attached hydrogens (tertiary/aromatic N) is 1. The zero-order valence-electron chi connectivity index (χ0n) is 12.9. The first kappa shape index (κ1) is 15.5. The van der Waals surface area contributed by atoms with Crippen LogP contribution in [0.15, 0.2) is 18.2 Å². The summed E-state index contributed by atoms with van der Waals surface area (Å²) in [6.07, 6.45) is 6.53. The largest absolute Gasteiger partial charge is 0.481 e. The maximum Gasteiger partial charge on any atom is 0.303 e. The fourth-order valence-corrected chi connectivity index (χ4v) is 4.07. The third-order valence-electron chi connectivity index (χ3n) is 5.15. The number of piperidine rings is 1. The van der Waals surface area contributed by atoms with Crippen LogP contribution in [0.2, 0.25) is 0 Å². The van der Waals surface area contributed by atoms with Gasteiger partial charge < -0.3 is 5.11 Å². The molecule has 1 N–H and O–H groups in total. The van der Waals surface area contributed by atoms with Crippen LogP contribution in [0.25, 0.3) is 0 Å². The smallest absolute Gasteiger partial charge is 0.303 e. The second-order valence-corrected chi connectivity index (χ2v) is 6.69. The van der Waals surface area contributed by atoms with Crippen LogP contribution in [0.4, 0.5) is 4.39 Å². The standard InChI is InChI=1S/C18H24FNO2/c19-15-8-7-14-4-1-5-17(16(14)11-15)20-10-2-3-13(12-20)6-9-18(21)22/h7-8,11,13,17H,1-6,9-10,12H2,(H,21,22). The van der Waals surface area contributed by atoms with E-state index in [-0.39, 0.29) is 12.2 Å². The van der Waals surface area contributed by atoms with Crippen LogP contribution in [0.1, 0.15) is 55.7 Å². The summed E-state index contributed by atoms with van der Waals surface area (Å²) in [6.45, 7) is 2.00. The summed E-state index contributed by atoms with van der Waals surface area (Å²) in [5.41, 5.74) is 2.44. The van der Waals surface area contributed by atoms with Gasteiger partial charge in [0, 0.05) is 19.0 Å². The molecule has 22 heavy (non-hydrogen) atoms. The Morgan fingerprint density at radius 3 is 3.00 bits per heavy atom. The maximum absolute atomic E-state index is 13.6. The minimum absolute atomic E-state index is 0.148. The fraction of sp³-hybridized carbons (Fsp3) is 0.611. The Hall–Kier alpha value is -1.42. The van der Waals surface area contributed by atoms with E-state index in [9.17, 15) is 9.18 Å². The van der Waals surface area contributed by atoms with Crippen LogP contribution in [0.5, 0.6) is 0 Å². The molecule has 0 spiro atoms. The molecule has 1 heterocycles. The van der Waals surface area contributed by atoms with Gasteiger partial charge in [-0.05, 0) is 74.2 Å². The Kier molecular flexibility index (Phi) is 4.77. The molecule has 1 aromatic carbocycles. The van der Waals surface area contributed by atoms with Crippen molar-refractivity contribution in [2.75, 3.05) is 13.1 Å². The minimum Gasteiger partial charge on any atom is -0.481 e. The van der Waals surface area contributed by atoms with Crippen molar-refractivity contribution < 1.29 is 14.3 Å². The number of carboxylic acids is 1. The van der Waals surface area contributed by atoms with E-state index < -0.39 is 5.97 Å². The van der Waals surface area contributed by atoms with Gasteiger partial charge in [0.2, 0.25) is 0 Å². The lowest BCUT2D eigenvalue weighted by molar-refractivity contribution is -0.137. The Morgan fingerprint density at radius 2 is 2.18 bits per heavy atom. The first-order valence-electron chi connectivity index (χ1n) is 8.37. The van der Waals surface area contributed by atoms with Crippen molar-refractivity contribution in [2.24, 2.45) is 5.92 Å². The molecule has 3 rings (SSSR count). The van der Waals surface area contributed by atoms with E-state index in [1.807, 2.05) is 6.07 Å². The minimum atomic E-state index is -0.706. The summed E-state index contributed by atoms with van der Waals surface area (Å²) < 4.78 is 13.6. The van der Waals surface area contributed by atoms with E-state index >= 15 is 0 Å². The van der Waals surface area contributed by atoms with Crippen LogP contribution in [-0.4, -0.2) is 29.1 Å². The Balaban J connectivity index is 1.71. The number of carbonyl (C=O) groups is 1. The molecule has 1 aliphatic heterocycles. The van der Waals surface area contributed by atoms with Crippen LogP contribution >= 0.6 is 0 Å². The van der Waals surface area contributed by atoms with Crippen molar-refractivity contribution in [3.8, 4) is 0 Å². The van der Waals surface area contributed by atoms with Crippen molar-refractivity contribution in [1.82, 2.24) is 4.90 Å². The number of rotatable bonds is 4. The average Bonchev–Trinajstić information content (AvgIpc) is 2.52. The van der Waals surface area contributed by atoms with Crippen molar-refractivity contribution in [1.29, 1.82) is 0 Å². The van der Waals surface area contributed by atoms with Gasteiger partial charge in [0.1, 0.15) is 5.82 Å². The fourth-order valence-electron chi connectivity index (χ4n) is 4.07. The number of likely N-dealkylation sites (tertiary alicyclic amines) is 1. The zero-order valence-corrected chi connectivity index (χ0v) is 12.9. The number of hydrogen-bond donors (Lipinski definition) is 1. The second-order valence-electron chi connectivity index (χ2n) is 6.69. The predicted octanol–water partition coefficient (Wildman–Crippen LogP) is 3.78. The molecule has 0 amide bonds. The van der Waals surface area contributed by atoms with E-state index in [0.717, 1.165) is 57.2 Å². The highest BCUT2D eigenvalue weighted by Gasteiger charge is 2.30. The van der Waals surface area contributed by atoms with Crippen LogP contribution in [0, 0.1) is 11.7 Å². The van der Waals surface area contributed by atoms with Gasteiger partial charge in [-0.3, -0.25) is 9.69 Å². The van der Waals surface area contributed by atoms with E-state index in [1.54, 1.807) is 12.1 Å². The van der Waals surface area contributed by atoms with Crippen molar-refractivity contribution in [3.63, 3.8) is 0 Å². The van der Waals surface area contributed by atoms with Crippen molar-refractivity contribution in [2.45, 2.75) is 51.0 Å². The van der Waals surface area contributed by atoms with Gasteiger partial charge in [0.05, 0.1) is 0 Å². The van der Waals surface area contributed by atoms with Gasteiger partial charge in [-0.25, -0.2) is 4.39 Å². The van der Waals surface area contributed by atoms with Gasteiger partial charge in [-0.2, -0.15) is 0 Å². The molecule has 1 aromatic rings. The summed E-state index contributed by atoms with van der Waals surface area (Å²) in [4.78, 5) is 13.2.